The van der Waals surface area contributed by atoms with Crippen LogP contribution < -0.4 is 10.5 Å². The van der Waals surface area contributed by atoms with Crippen molar-refractivity contribution in [2.24, 2.45) is 0 Å². The topological polar surface area (TPSA) is 90.5 Å². The lowest BCUT2D eigenvalue weighted by Gasteiger charge is -2.13. The molecular formula is C14H15Cl2N3O3. The first-order valence-electron chi connectivity index (χ1n) is 6.52. The number of halogens is 2. The second-order valence-corrected chi connectivity index (χ2v) is 5.09. The van der Waals surface area contributed by atoms with Crippen molar-refractivity contribution in [2.75, 3.05) is 18.9 Å². The van der Waals surface area contributed by atoms with Crippen LogP contribution in [0.5, 0.6) is 5.75 Å². The fraction of sp³-hybridized carbons (Fsp3) is 0.286. The minimum Gasteiger partial charge on any atom is -0.488 e. The van der Waals surface area contributed by atoms with Crippen molar-refractivity contribution in [3.8, 4) is 17.0 Å². The SMILES string of the molecule is CCOC(O)COc1ccc(-c2cc(Cl)nc(N)n2)c(Cl)c1. The molecule has 6 nitrogen and oxygen atoms in total. The Bertz CT molecular complexity index is 635. The predicted octanol–water partition coefficient (Wildman–Crippen LogP) is 2.77. The van der Waals surface area contributed by atoms with Crippen LogP contribution in [0.4, 0.5) is 5.95 Å². The van der Waals surface area contributed by atoms with Crippen LogP contribution in [0.1, 0.15) is 6.92 Å². The molecule has 0 aliphatic carbocycles. The largest absolute Gasteiger partial charge is 0.488 e. The Kier molecular flexibility index (Phi) is 5.79. The number of hydrogen-bond donors (Lipinski definition) is 2. The highest BCUT2D eigenvalue weighted by atomic mass is 35.5. The molecule has 0 amide bonds. The molecule has 1 aromatic carbocycles. The fourth-order valence-electron chi connectivity index (χ4n) is 1.77. The molecule has 1 unspecified atom stereocenters. The van der Waals surface area contributed by atoms with Gasteiger partial charge in [0.15, 0.2) is 6.29 Å². The van der Waals surface area contributed by atoms with Gasteiger partial charge in [0, 0.05) is 18.2 Å². The van der Waals surface area contributed by atoms with E-state index in [1.54, 1.807) is 31.2 Å². The van der Waals surface area contributed by atoms with Crippen LogP contribution in [0, 0.1) is 0 Å². The van der Waals surface area contributed by atoms with Gasteiger partial charge in [0.25, 0.3) is 0 Å². The lowest BCUT2D eigenvalue weighted by atomic mass is 10.1. The zero-order valence-corrected chi connectivity index (χ0v) is 13.3. The molecule has 1 heterocycles. The monoisotopic (exact) mass is 343 g/mol. The molecular weight excluding hydrogens is 329 g/mol. The molecule has 22 heavy (non-hydrogen) atoms. The maximum absolute atomic E-state index is 9.45. The Morgan fingerprint density at radius 3 is 2.68 bits per heavy atom. The number of benzene rings is 1. The van der Waals surface area contributed by atoms with Crippen molar-refractivity contribution in [3.63, 3.8) is 0 Å². The first kappa shape index (κ1) is 16.8. The Labute approximate surface area is 137 Å². The number of nitrogens with zero attached hydrogens (tertiary/aromatic N) is 2. The van der Waals surface area contributed by atoms with Gasteiger partial charge in [-0.15, -0.1) is 0 Å². The van der Waals surface area contributed by atoms with Gasteiger partial charge in [-0.05, 0) is 25.1 Å². The third-order valence-electron chi connectivity index (χ3n) is 2.68. The summed E-state index contributed by atoms with van der Waals surface area (Å²) in [6.07, 6.45) is -0.982. The van der Waals surface area contributed by atoms with Crippen LogP contribution in [-0.2, 0) is 4.74 Å². The summed E-state index contributed by atoms with van der Waals surface area (Å²) in [6.45, 7) is 2.20. The van der Waals surface area contributed by atoms with E-state index in [4.69, 9.17) is 38.4 Å². The summed E-state index contributed by atoms with van der Waals surface area (Å²) in [5, 5.41) is 10.1. The number of aliphatic hydroxyl groups is 1. The summed E-state index contributed by atoms with van der Waals surface area (Å²) in [7, 11) is 0. The number of anilines is 1. The smallest absolute Gasteiger partial charge is 0.221 e. The number of nitrogens with two attached hydrogens (primary N) is 1. The number of hydrogen-bond acceptors (Lipinski definition) is 6. The molecule has 0 aliphatic rings. The van der Waals surface area contributed by atoms with Crippen LogP contribution in [0.2, 0.25) is 10.2 Å². The lowest BCUT2D eigenvalue weighted by Crippen LogP contribution is -2.20. The highest BCUT2D eigenvalue weighted by Gasteiger charge is 2.10. The Morgan fingerprint density at radius 1 is 1.27 bits per heavy atom. The van der Waals surface area contributed by atoms with Gasteiger partial charge in [0.1, 0.15) is 17.5 Å². The van der Waals surface area contributed by atoms with E-state index < -0.39 is 6.29 Å². The number of ether oxygens (including phenoxy) is 2. The molecule has 118 valence electrons. The molecule has 0 bridgehead atoms. The van der Waals surface area contributed by atoms with E-state index in [2.05, 4.69) is 9.97 Å². The predicted molar refractivity (Wildman–Crippen MR) is 85.0 cm³/mol. The van der Waals surface area contributed by atoms with Crippen LogP contribution in [0.25, 0.3) is 11.3 Å². The molecule has 2 aromatic rings. The summed E-state index contributed by atoms with van der Waals surface area (Å²) in [5.41, 5.74) is 6.74. The first-order valence-corrected chi connectivity index (χ1v) is 7.27. The third kappa shape index (κ3) is 4.45. The van der Waals surface area contributed by atoms with E-state index in [0.29, 0.717) is 28.6 Å². The summed E-state index contributed by atoms with van der Waals surface area (Å²) in [4.78, 5) is 7.89. The second-order valence-electron chi connectivity index (χ2n) is 4.30. The molecule has 0 radical (unpaired) electrons. The minimum atomic E-state index is -0.982. The van der Waals surface area contributed by atoms with E-state index >= 15 is 0 Å². The standard InChI is InChI=1S/C14H15Cl2N3O3/c1-2-21-13(20)7-22-8-3-4-9(10(15)5-8)11-6-12(16)19-14(17)18-11/h3-6,13,20H,2,7H2,1H3,(H2,17,18,19). The van der Waals surface area contributed by atoms with Gasteiger partial charge in [-0.25, -0.2) is 9.97 Å². The van der Waals surface area contributed by atoms with Crippen LogP contribution in [0.15, 0.2) is 24.3 Å². The van der Waals surface area contributed by atoms with Gasteiger partial charge in [0.2, 0.25) is 5.95 Å². The van der Waals surface area contributed by atoms with Gasteiger partial charge < -0.3 is 20.3 Å². The van der Waals surface area contributed by atoms with Gasteiger partial charge in [-0.1, -0.05) is 23.2 Å². The van der Waals surface area contributed by atoms with Crippen molar-refractivity contribution < 1.29 is 14.6 Å². The number of nitrogen functional groups attached to an aromatic ring is 1. The number of rotatable bonds is 6. The molecule has 0 aliphatic heterocycles. The Balaban J connectivity index is 2.15. The van der Waals surface area contributed by atoms with E-state index in [-0.39, 0.29) is 17.7 Å². The second kappa shape index (κ2) is 7.60. The van der Waals surface area contributed by atoms with E-state index in [1.165, 1.54) is 0 Å². The summed E-state index contributed by atoms with van der Waals surface area (Å²) >= 11 is 12.1. The summed E-state index contributed by atoms with van der Waals surface area (Å²) < 4.78 is 10.4. The van der Waals surface area contributed by atoms with Crippen LogP contribution in [0.3, 0.4) is 0 Å². The molecule has 0 saturated carbocycles. The van der Waals surface area contributed by atoms with Crippen LogP contribution in [-0.4, -0.2) is 34.6 Å². The minimum absolute atomic E-state index is 0.00972. The molecule has 0 saturated heterocycles. The fourth-order valence-corrected chi connectivity index (χ4v) is 2.23. The number of aromatic nitrogens is 2. The molecule has 0 spiro atoms. The van der Waals surface area contributed by atoms with Crippen molar-refractivity contribution >= 4 is 29.2 Å². The Hall–Kier alpha value is -1.60. The Morgan fingerprint density at radius 2 is 2.05 bits per heavy atom. The average Bonchev–Trinajstić information content (AvgIpc) is 2.44. The van der Waals surface area contributed by atoms with E-state index in [9.17, 15) is 5.11 Å². The molecule has 8 heteroatoms. The number of aliphatic hydroxyl groups excluding tert-OH is 1. The maximum atomic E-state index is 9.45. The van der Waals surface area contributed by atoms with E-state index in [1.807, 2.05) is 0 Å². The zero-order chi connectivity index (χ0) is 16.1. The molecule has 0 fully saturated rings. The van der Waals surface area contributed by atoms with Crippen LogP contribution >= 0.6 is 23.2 Å². The summed E-state index contributed by atoms with van der Waals surface area (Å²) in [5.74, 6) is 0.569. The highest BCUT2D eigenvalue weighted by molar-refractivity contribution is 6.33. The summed E-state index contributed by atoms with van der Waals surface area (Å²) in [6, 6.07) is 6.61. The van der Waals surface area contributed by atoms with Gasteiger partial charge in [0.05, 0.1) is 10.7 Å². The van der Waals surface area contributed by atoms with Gasteiger partial charge >= 0.3 is 0 Å². The van der Waals surface area contributed by atoms with Gasteiger partial charge in [-0.3, -0.25) is 0 Å². The lowest BCUT2D eigenvalue weighted by molar-refractivity contribution is -0.115. The quantitative estimate of drug-likeness (QED) is 0.619. The zero-order valence-electron chi connectivity index (χ0n) is 11.8. The van der Waals surface area contributed by atoms with Crippen molar-refractivity contribution in [1.29, 1.82) is 0 Å². The average molecular weight is 344 g/mol. The highest BCUT2D eigenvalue weighted by Crippen LogP contribution is 2.31. The van der Waals surface area contributed by atoms with Crippen molar-refractivity contribution in [1.82, 2.24) is 9.97 Å². The molecule has 3 N–H and O–H groups in total. The van der Waals surface area contributed by atoms with E-state index in [0.717, 1.165) is 0 Å². The van der Waals surface area contributed by atoms with Crippen molar-refractivity contribution in [3.05, 3.63) is 34.4 Å². The van der Waals surface area contributed by atoms with Gasteiger partial charge in [-0.2, -0.15) is 0 Å². The molecule has 1 atom stereocenters. The normalized spacial score (nSPS) is 12.2. The molecule has 2 rings (SSSR count). The first-order chi connectivity index (χ1) is 10.5. The van der Waals surface area contributed by atoms with Crippen molar-refractivity contribution in [2.45, 2.75) is 13.2 Å². The molecule has 1 aromatic heterocycles. The maximum Gasteiger partial charge on any atom is 0.221 e. The third-order valence-corrected chi connectivity index (χ3v) is 3.19.